The van der Waals surface area contributed by atoms with Crippen LogP contribution in [0.5, 0.6) is 0 Å². The standard InChI is InChI=1S/C62H40N4S2Si/c1-5-17-43(18-6-1)65(44-19-7-2-8-20-44)47-31-35-51-52-36-32-48(66(45-21-9-3-10-22-45)46-23-11-4-12-24-46)40-60(52)69(59(51)39-47)57-37-41(61-63-53-25-13-15-27-55(53)67-61)29-33-49(57)50-34-30-42(38-58(50)69)62-64-54-26-14-16-28-56(54)68-62/h1-40H. The highest BCUT2D eigenvalue weighted by atomic mass is 32.1. The quantitative estimate of drug-likeness (QED) is 0.142. The van der Waals surface area contributed by atoms with E-state index in [1.807, 2.05) is 0 Å². The van der Waals surface area contributed by atoms with Gasteiger partial charge in [-0.05, 0) is 140 Å². The van der Waals surface area contributed by atoms with Gasteiger partial charge >= 0.3 is 0 Å². The number of para-hydroxylation sites is 6. The number of rotatable bonds is 8. The highest BCUT2D eigenvalue weighted by molar-refractivity contribution is 7.25. The Balaban J connectivity index is 1.09. The van der Waals surface area contributed by atoms with Crippen molar-refractivity contribution in [2.24, 2.45) is 0 Å². The van der Waals surface area contributed by atoms with Gasteiger partial charge in [-0.25, -0.2) is 9.97 Å². The van der Waals surface area contributed by atoms with E-state index in [-0.39, 0.29) is 0 Å². The number of nitrogens with zero attached hydrogens (tertiary/aromatic N) is 4. The van der Waals surface area contributed by atoms with Crippen LogP contribution in [0.3, 0.4) is 0 Å². The first-order valence-electron chi connectivity index (χ1n) is 23.3. The van der Waals surface area contributed by atoms with Crippen molar-refractivity contribution in [3.8, 4) is 43.4 Å². The van der Waals surface area contributed by atoms with Crippen molar-refractivity contribution in [1.29, 1.82) is 0 Å². The molecule has 12 aromatic rings. The van der Waals surface area contributed by atoms with Gasteiger partial charge in [-0.1, -0.05) is 146 Å². The van der Waals surface area contributed by atoms with Gasteiger partial charge in [0.25, 0.3) is 0 Å². The van der Waals surface area contributed by atoms with Gasteiger partial charge in [0.1, 0.15) is 10.0 Å². The van der Waals surface area contributed by atoms with Gasteiger partial charge < -0.3 is 9.80 Å². The van der Waals surface area contributed by atoms with E-state index in [0.29, 0.717) is 0 Å². The maximum atomic E-state index is 5.26. The maximum Gasteiger partial charge on any atom is 0.182 e. The molecule has 0 saturated heterocycles. The lowest BCUT2D eigenvalue weighted by molar-refractivity contribution is 1.29. The first-order valence-corrected chi connectivity index (χ1v) is 26.9. The molecule has 10 aromatic carbocycles. The topological polar surface area (TPSA) is 32.3 Å². The molecule has 2 aliphatic heterocycles. The molecule has 0 atom stereocenters. The molecule has 0 amide bonds. The molecule has 2 aliphatic rings. The molecule has 324 valence electrons. The lowest BCUT2D eigenvalue weighted by atomic mass is 10.0. The molecule has 14 rings (SSSR count). The number of anilines is 6. The van der Waals surface area contributed by atoms with Crippen molar-refractivity contribution in [1.82, 2.24) is 9.97 Å². The Morgan fingerprint density at radius 3 is 0.971 bits per heavy atom. The summed E-state index contributed by atoms with van der Waals surface area (Å²) in [6, 6.07) is 89.1. The number of fused-ring (bicyclic) bond motifs is 12. The lowest BCUT2D eigenvalue weighted by Crippen LogP contribution is -2.70. The number of thiazole rings is 2. The summed E-state index contributed by atoms with van der Waals surface area (Å²) in [6.45, 7) is 0. The molecule has 4 heterocycles. The predicted octanol–water partition coefficient (Wildman–Crippen LogP) is 14.5. The zero-order chi connectivity index (χ0) is 45.5. The molecule has 69 heavy (non-hydrogen) atoms. The normalized spacial score (nSPS) is 12.8. The van der Waals surface area contributed by atoms with Crippen molar-refractivity contribution in [2.45, 2.75) is 0 Å². The van der Waals surface area contributed by atoms with Gasteiger partial charge in [0.2, 0.25) is 0 Å². The van der Waals surface area contributed by atoms with Crippen LogP contribution in [0.25, 0.3) is 63.8 Å². The minimum Gasteiger partial charge on any atom is -0.311 e. The Morgan fingerprint density at radius 1 is 0.290 bits per heavy atom. The molecule has 0 fully saturated rings. The Hall–Kier alpha value is -8.20. The van der Waals surface area contributed by atoms with Crippen LogP contribution in [0, 0.1) is 0 Å². The molecule has 0 unspecified atom stereocenters. The second kappa shape index (κ2) is 16.0. The fourth-order valence-corrected chi connectivity index (χ4v) is 18.6. The van der Waals surface area contributed by atoms with Gasteiger partial charge in [-0.3, -0.25) is 0 Å². The van der Waals surface area contributed by atoms with Crippen LogP contribution in [0.2, 0.25) is 0 Å². The SMILES string of the molecule is c1ccc(N(c2ccccc2)c2ccc3c(c2)[Si]2(c4cc(-c5nc6ccccc6s5)ccc4-c4ccc(-c5nc6ccccc6s5)cc42)c2cc(N(c4ccccc4)c4ccccc4)ccc2-3)cc1. The van der Waals surface area contributed by atoms with E-state index in [1.54, 1.807) is 22.7 Å². The average molecular weight is 933 g/mol. The third kappa shape index (κ3) is 6.32. The van der Waals surface area contributed by atoms with E-state index in [9.17, 15) is 0 Å². The highest BCUT2D eigenvalue weighted by Crippen LogP contribution is 2.44. The summed E-state index contributed by atoms with van der Waals surface area (Å²) >= 11 is 3.54. The second-order valence-corrected chi connectivity index (χ2v) is 23.4. The van der Waals surface area contributed by atoms with E-state index in [0.717, 1.165) is 66.3 Å². The van der Waals surface area contributed by atoms with E-state index in [2.05, 4.69) is 252 Å². The van der Waals surface area contributed by atoms with Crippen molar-refractivity contribution >= 4 is 106 Å². The first-order chi connectivity index (χ1) is 34.2. The van der Waals surface area contributed by atoms with Gasteiger partial charge in [0.15, 0.2) is 8.07 Å². The minimum atomic E-state index is -3.22. The van der Waals surface area contributed by atoms with E-state index in [1.165, 1.54) is 52.4 Å². The maximum absolute atomic E-state index is 5.26. The third-order valence-electron chi connectivity index (χ3n) is 13.9. The summed E-state index contributed by atoms with van der Waals surface area (Å²) in [5.41, 5.74) is 16.2. The molecular weight excluding hydrogens is 893 g/mol. The Labute approximate surface area is 409 Å². The Kier molecular flexibility index (Phi) is 9.24. The van der Waals surface area contributed by atoms with Crippen molar-refractivity contribution < 1.29 is 0 Å². The van der Waals surface area contributed by atoms with Gasteiger partial charge in [0.05, 0.1) is 20.4 Å². The Morgan fingerprint density at radius 2 is 0.609 bits per heavy atom. The van der Waals surface area contributed by atoms with Crippen LogP contribution in [0.1, 0.15) is 0 Å². The van der Waals surface area contributed by atoms with Crippen molar-refractivity contribution in [2.75, 3.05) is 9.80 Å². The molecule has 0 radical (unpaired) electrons. The molecule has 0 bridgehead atoms. The first kappa shape index (κ1) is 39.9. The predicted molar refractivity (Wildman–Crippen MR) is 295 cm³/mol. The smallest absolute Gasteiger partial charge is 0.182 e. The van der Waals surface area contributed by atoms with Crippen LogP contribution < -0.4 is 30.5 Å². The van der Waals surface area contributed by atoms with Crippen LogP contribution in [-0.4, -0.2) is 18.0 Å². The highest BCUT2D eigenvalue weighted by Gasteiger charge is 2.55. The molecule has 1 spiro atoms. The summed E-state index contributed by atoms with van der Waals surface area (Å²) in [6.07, 6.45) is 0. The summed E-state index contributed by atoms with van der Waals surface area (Å²) < 4.78 is 2.39. The van der Waals surface area contributed by atoms with Crippen molar-refractivity contribution in [3.63, 3.8) is 0 Å². The molecule has 0 N–H and O–H groups in total. The summed E-state index contributed by atoms with van der Waals surface area (Å²) in [5, 5.41) is 7.63. The van der Waals surface area contributed by atoms with Crippen LogP contribution in [-0.2, 0) is 0 Å². The zero-order valence-corrected chi connectivity index (χ0v) is 39.8. The molecule has 7 heteroatoms. The second-order valence-electron chi connectivity index (χ2n) is 17.7. The number of hydrogen-bond donors (Lipinski definition) is 0. The molecule has 2 aromatic heterocycles. The van der Waals surface area contributed by atoms with Gasteiger partial charge in [-0.2, -0.15) is 0 Å². The van der Waals surface area contributed by atoms with Crippen LogP contribution in [0.15, 0.2) is 243 Å². The molecule has 0 aliphatic carbocycles. The number of benzene rings is 10. The largest absolute Gasteiger partial charge is 0.311 e. The summed E-state index contributed by atoms with van der Waals surface area (Å²) in [5.74, 6) is 0. The summed E-state index contributed by atoms with van der Waals surface area (Å²) in [4.78, 5) is 15.3. The number of aromatic nitrogens is 2. The molecule has 0 saturated carbocycles. The van der Waals surface area contributed by atoms with Crippen molar-refractivity contribution in [3.05, 3.63) is 243 Å². The zero-order valence-electron chi connectivity index (χ0n) is 37.2. The van der Waals surface area contributed by atoms with E-state index in [4.69, 9.17) is 9.97 Å². The molecule has 4 nitrogen and oxygen atoms in total. The van der Waals surface area contributed by atoms with E-state index >= 15 is 0 Å². The van der Waals surface area contributed by atoms with Gasteiger partial charge in [-0.15, -0.1) is 22.7 Å². The molecular formula is C62H40N4S2Si. The fourth-order valence-electron chi connectivity index (χ4n) is 10.9. The van der Waals surface area contributed by atoms with Gasteiger partial charge in [0, 0.05) is 45.3 Å². The number of hydrogen-bond acceptors (Lipinski definition) is 6. The third-order valence-corrected chi connectivity index (χ3v) is 21.0. The average Bonchev–Trinajstić information content (AvgIpc) is 4.19. The fraction of sp³-hybridized carbons (Fsp3) is 0. The summed E-state index contributed by atoms with van der Waals surface area (Å²) in [7, 11) is -3.22. The lowest BCUT2D eigenvalue weighted by Gasteiger charge is -2.32. The Bertz CT molecular complexity index is 3520. The van der Waals surface area contributed by atoms with Crippen LogP contribution >= 0.6 is 22.7 Å². The monoisotopic (exact) mass is 932 g/mol. The van der Waals surface area contributed by atoms with E-state index < -0.39 is 8.07 Å². The minimum absolute atomic E-state index is 1.03. The van der Waals surface area contributed by atoms with Crippen LogP contribution in [0.4, 0.5) is 34.1 Å².